The lowest BCUT2D eigenvalue weighted by atomic mass is 10.1. The molecule has 0 aromatic heterocycles. The van der Waals surface area contributed by atoms with Crippen LogP contribution in [0.1, 0.15) is 31.2 Å². The predicted molar refractivity (Wildman–Crippen MR) is 155 cm³/mol. The van der Waals surface area contributed by atoms with Crippen molar-refractivity contribution in [3.63, 3.8) is 0 Å². The van der Waals surface area contributed by atoms with Crippen LogP contribution >= 0.6 is 0 Å². The molecule has 15 nitrogen and oxygen atoms in total. The Balaban J connectivity index is 1.72. The third-order valence-corrected chi connectivity index (χ3v) is 8.49. The van der Waals surface area contributed by atoms with Crippen LogP contribution in [0.3, 0.4) is 0 Å². The standard InChI is InChI=1S/C26H34N8O7S/c1-16-6-12-19(13-7-16)42(40,41)22(27)25(37)33-15-3-5-21(33)24(36)32-23(35)20(4-2-14-30-26(28)29)31-17-8-10-18(11-9-17)34(38)39/h6-13,20-22,31H,2-5,14-15,27H2,1H3,(H4,28,29,30)(H,32,35,36)/t20-,21-,22-/m0/s1. The molecule has 0 saturated carbocycles. The lowest BCUT2D eigenvalue weighted by Gasteiger charge is -2.27. The highest BCUT2D eigenvalue weighted by Crippen LogP contribution is 2.23. The number of non-ortho nitro benzene ring substituents is 1. The highest BCUT2D eigenvalue weighted by atomic mass is 32.2. The summed E-state index contributed by atoms with van der Waals surface area (Å²) >= 11 is 0. The largest absolute Gasteiger partial charge is 0.374 e. The quantitative estimate of drug-likeness (QED) is 0.0718. The molecule has 3 atom stereocenters. The Kier molecular flexibility index (Phi) is 10.5. The normalized spacial score (nSPS) is 16.2. The molecule has 0 unspecified atom stereocenters. The molecule has 16 heteroatoms. The van der Waals surface area contributed by atoms with E-state index in [9.17, 15) is 32.9 Å². The van der Waals surface area contributed by atoms with Gasteiger partial charge in [-0.1, -0.05) is 17.7 Å². The van der Waals surface area contributed by atoms with E-state index in [2.05, 4.69) is 15.6 Å². The fraction of sp³-hybridized carbons (Fsp3) is 0.385. The maximum absolute atomic E-state index is 13.2. The van der Waals surface area contributed by atoms with Crippen LogP contribution in [0.25, 0.3) is 0 Å². The number of hydrogen-bond acceptors (Lipinski definition) is 10. The molecule has 0 bridgehead atoms. The second-order valence-corrected chi connectivity index (χ2v) is 11.8. The number of nitrogens with two attached hydrogens (primary N) is 3. The van der Waals surface area contributed by atoms with Crippen molar-refractivity contribution < 1.29 is 27.7 Å². The SMILES string of the molecule is Cc1ccc(S(=O)(=O)[C@H](N)C(=O)N2CCC[C@H]2C(=O)NC(=O)[C@H](CCCN=C(N)N)Nc2ccc([N+](=O)[O-])cc2)cc1. The summed E-state index contributed by atoms with van der Waals surface area (Å²) in [5, 5.41) is 14.3. The van der Waals surface area contributed by atoms with Crippen molar-refractivity contribution in [1.29, 1.82) is 0 Å². The number of anilines is 1. The summed E-state index contributed by atoms with van der Waals surface area (Å²) in [5.41, 5.74) is 17.7. The molecule has 0 radical (unpaired) electrons. The Bertz CT molecular complexity index is 1440. The molecule has 8 N–H and O–H groups in total. The Labute approximate surface area is 242 Å². The summed E-state index contributed by atoms with van der Waals surface area (Å²) in [5.74, 6) is -2.58. The number of carbonyl (C=O) groups excluding carboxylic acids is 3. The number of nitrogens with one attached hydrogen (secondary N) is 2. The molecule has 3 rings (SSSR count). The third-order valence-electron chi connectivity index (χ3n) is 6.69. The fourth-order valence-electron chi connectivity index (χ4n) is 4.42. The predicted octanol–water partition coefficient (Wildman–Crippen LogP) is 0.130. The van der Waals surface area contributed by atoms with Crippen LogP contribution in [0, 0.1) is 17.0 Å². The molecule has 0 aliphatic carbocycles. The van der Waals surface area contributed by atoms with Gasteiger partial charge in [-0.15, -0.1) is 0 Å². The van der Waals surface area contributed by atoms with Gasteiger partial charge in [-0.2, -0.15) is 0 Å². The first-order chi connectivity index (χ1) is 19.8. The number of sulfone groups is 1. The van der Waals surface area contributed by atoms with Gasteiger partial charge in [0.05, 0.1) is 9.82 Å². The molecule has 1 saturated heterocycles. The van der Waals surface area contributed by atoms with Crippen LogP contribution in [0.5, 0.6) is 0 Å². The van der Waals surface area contributed by atoms with Crippen molar-refractivity contribution in [3.05, 3.63) is 64.2 Å². The Morgan fingerprint density at radius 1 is 1.12 bits per heavy atom. The highest BCUT2D eigenvalue weighted by molar-refractivity contribution is 7.92. The molecular weight excluding hydrogens is 568 g/mol. The van der Waals surface area contributed by atoms with E-state index >= 15 is 0 Å². The van der Waals surface area contributed by atoms with Gasteiger partial charge in [0, 0.05) is 30.9 Å². The summed E-state index contributed by atoms with van der Waals surface area (Å²) in [6.07, 6.45) is 1.13. The first-order valence-electron chi connectivity index (χ1n) is 13.1. The molecule has 3 amide bonds. The van der Waals surface area contributed by atoms with E-state index in [-0.39, 0.29) is 42.5 Å². The van der Waals surface area contributed by atoms with E-state index in [1.165, 1.54) is 36.4 Å². The molecule has 0 spiro atoms. The zero-order chi connectivity index (χ0) is 31.0. The number of nitro benzene ring substituents is 1. The number of nitrogens with zero attached hydrogens (tertiary/aromatic N) is 3. The first-order valence-corrected chi connectivity index (χ1v) is 14.6. The van der Waals surface area contributed by atoms with Gasteiger partial charge in [-0.3, -0.25) is 34.8 Å². The first kappa shape index (κ1) is 32.0. The van der Waals surface area contributed by atoms with E-state index in [4.69, 9.17) is 17.2 Å². The number of rotatable bonds is 12. The number of carbonyl (C=O) groups is 3. The molecule has 42 heavy (non-hydrogen) atoms. The maximum atomic E-state index is 13.2. The van der Waals surface area contributed by atoms with E-state index in [0.29, 0.717) is 18.5 Å². The van der Waals surface area contributed by atoms with E-state index in [0.717, 1.165) is 10.5 Å². The van der Waals surface area contributed by atoms with Gasteiger partial charge in [-0.05, 0) is 56.9 Å². The molecule has 2 aromatic rings. The second kappa shape index (κ2) is 13.9. The van der Waals surface area contributed by atoms with E-state index in [1.807, 2.05) is 0 Å². The molecular formula is C26H34N8O7S. The van der Waals surface area contributed by atoms with Crippen LogP contribution in [-0.2, 0) is 24.2 Å². The van der Waals surface area contributed by atoms with Crippen molar-refractivity contribution in [1.82, 2.24) is 10.2 Å². The van der Waals surface area contributed by atoms with Crippen LogP contribution < -0.4 is 27.8 Å². The van der Waals surface area contributed by atoms with E-state index in [1.54, 1.807) is 19.1 Å². The topological polar surface area (TPSA) is 246 Å². The number of amides is 3. The minimum atomic E-state index is -4.23. The lowest BCUT2D eigenvalue weighted by Crippen LogP contribution is -2.55. The summed E-state index contributed by atoms with van der Waals surface area (Å²) in [4.78, 5) is 54.8. The van der Waals surface area contributed by atoms with Crippen molar-refractivity contribution >= 4 is 44.9 Å². The van der Waals surface area contributed by atoms with Gasteiger partial charge in [0.15, 0.2) is 11.3 Å². The zero-order valence-corrected chi connectivity index (χ0v) is 23.7. The Morgan fingerprint density at radius 3 is 2.36 bits per heavy atom. The number of aryl methyl sites for hydroxylation is 1. The number of aliphatic imine (C=N–C) groups is 1. The summed E-state index contributed by atoms with van der Waals surface area (Å²) < 4.78 is 26.0. The Morgan fingerprint density at radius 2 is 1.76 bits per heavy atom. The number of hydrogen-bond donors (Lipinski definition) is 5. The fourth-order valence-corrected chi connectivity index (χ4v) is 5.63. The average molecular weight is 603 g/mol. The number of guanidine groups is 1. The zero-order valence-electron chi connectivity index (χ0n) is 22.9. The van der Waals surface area contributed by atoms with Gasteiger partial charge >= 0.3 is 0 Å². The maximum Gasteiger partial charge on any atom is 0.269 e. The monoisotopic (exact) mass is 602 g/mol. The van der Waals surface area contributed by atoms with Gasteiger partial charge in [-0.25, -0.2) is 8.42 Å². The minimum Gasteiger partial charge on any atom is -0.374 e. The van der Waals surface area contributed by atoms with Gasteiger partial charge in [0.1, 0.15) is 12.1 Å². The minimum absolute atomic E-state index is 0.0885. The van der Waals surface area contributed by atoms with Gasteiger partial charge < -0.3 is 27.4 Å². The van der Waals surface area contributed by atoms with Crippen molar-refractivity contribution in [2.75, 3.05) is 18.4 Å². The molecule has 1 aliphatic heterocycles. The molecule has 1 heterocycles. The molecule has 2 aromatic carbocycles. The molecule has 226 valence electrons. The van der Waals surface area contributed by atoms with Crippen LogP contribution in [0.15, 0.2) is 58.4 Å². The highest BCUT2D eigenvalue weighted by Gasteiger charge is 2.41. The average Bonchev–Trinajstić information content (AvgIpc) is 3.44. The molecule has 1 fully saturated rings. The van der Waals surface area contributed by atoms with E-state index < -0.39 is 49.9 Å². The van der Waals surface area contributed by atoms with Crippen LogP contribution in [0.2, 0.25) is 0 Å². The summed E-state index contributed by atoms with van der Waals surface area (Å²) in [6, 6.07) is 9.16. The van der Waals surface area contributed by atoms with Gasteiger partial charge in [0.2, 0.25) is 21.7 Å². The number of imide groups is 1. The number of nitro groups is 1. The van der Waals surface area contributed by atoms with Gasteiger partial charge in [0.25, 0.3) is 11.6 Å². The van der Waals surface area contributed by atoms with Crippen molar-refractivity contribution in [2.24, 2.45) is 22.2 Å². The smallest absolute Gasteiger partial charge is 0.269 e. The van der Waals surface area contributed by atoms with Crippen molar-refractivity contribution in [2.45, 2.75) is 55.0 Å². The van der Waals surface area contributed by atoms with Crippen LogP contribution in [0.4, 0.5) is 11.4 Å². The lowest BCUT2D eigenvalue weighted by molar-refractivity contribution is -0.384. The van der Waals surface area contributed by atoms with Crippen LogP contribution in [-0.4, -0.2) is 72.5 Å². The number of likely N-dealkylation sites (tertiary alicyclic amines) is 1. The van der Waals surface area contributed by atoms with Crippen molar-refractivity contribution in [3.8, 4) is 0 Å². The summed E-state index contributed by atoms with van der Waals surface area (Å²) in [6.45, 7) is 2.08. The second-order valence-electron chi connectivity index (χ2n) is 9.77. The third kappa shape index (κ3) is 8.01. The molecule has 1 aliphatic rings. The Hall–Kier alpha value is -4.57. The summed E-state index contributed by atoms with van der Waals surface area (Å²) in [7, 11) is -4.23. The number of benzene rings is 2.